The molecule has 3 aliphatic rings. The van der Waals surface area contributed by atoms with E-state index in [-0.39, 0.29) is 6.10 Å². The van der Waals surface area contributed by atoms with E-state index in [9.17, 15) is 5.11 Å². The van der Waals surface area contributed by atoms with E-state index in [1.54, 1.807) is 0 Å². The van der Waals surface area contributed by atoms with Gasteiger partial charge in [0.05, 0.1) is 19.6 Å². The highest BCUT2D eigenvalue weighted by atomic mass is 32.1. The van der Waals surface area contributed by atoms with Crippen molar-refractivity contribution in [2.45, 2.75) is 31.8 Å². The second-order valence-corrected chi connectivity index (χ2v) is 6.81. The van der Waals surface area contributed by atoms with Gasteiger partial charge in [-0.15, -0.1) is 11.3 Å². The largest absolute Gasteiger partial charge is 0.387 e. The van der Waals surface area contributed by atoms with Gasteiger partial charge in [-0.3, -0.25) is 0 Å². The molecule has 2 bridgehead atoms. The number of fused-ring (bicyclic) bond motifs is 3. The first kappa shape index (κ1) is 11.7. The zero-order valence-corrected chi connectivity index (χ0v) is 11.2. The van der Waals surface area contributed by atoms with Crippen molar-refractivity contribution in [1.29, 1.82) is 0 Å². The molecule has 94 valence electrons. The third kappa shape index (κ3) is 2.42. The summed E-state index contributed by atoms with van der Waals surface area (Å²) in [5.74, 6) is 0.618. The van der Waals surface area contributed by atoms with Crippen LogP contribution in [-0.4, -0.2) is 41.9 Å². The minimum atomic E-state index is -0.0146. The second-order valence-electron chi connectivity index (χ2n) is 5.78. The Kier molecular flexibility index (Phi) is 3.24. The summed E-state index contributed by atoms with van der Waals surface area (Å²) >= 11 is 1.87. The number of nitrogens with zero attached hydrogens (tertiary/aromatic N) is 1. The Morgan fingerprint density at radius 1 is 1.35 bits per heavy atom. The van der Waals surface area contributed by atoms with Gasteiger partial charge in [0.15, 0.2) is 0 Å². The maximum Gasteiger partial charge on any atom is 0.106 e. The predicted molar refractivity (Wildman–Crippen MR) is 71.1 cm³/mol. The van der Waals surface area contributed by atoms with Crippen LogP contribution in [0.2, 0.25) is 0 Å². The maximum absolute atomic E-state index is 10.0. The molecule has 4 rings (SSSR count). The van der Waals surface area contributed by atoms with E-state index in [2.05, 4.69) is 17.5 Å². The van der Waals surface area contributed by atoms with Crippen LogP contribution in [0.15, 0.2) is 17.5 Å². The van der Waals surface area contributed by atoms with Gasteiger partial charge in [0, 0.05) is 30.1 Å². The zero-order valence-electron chi connectivity index (χ0n) is 10.3. The fraction of sp³-hybridized carbons (Fsp3) is 0.714. The lowest BCUT2D eigenvalue weighted by molar-refractivity contribution is -0.946. The molecule has 1 atom stereocenters. The highest BCUT2D eigenvalue weighted by Gasteiger charge is 2.44. The molecular weight excluding hydrogens is 230 g/mol. The molecule has 3 fully saturated rings. The van der Waals surface area contributed by atoms with Crippen molar-refractivity contribution < 1.29 is 9.59 Å². The lowest BCUT2D eigenvalue weighted by atomic mass is 9.83. The monoisotopic (exact) mass is 252 g/mol. The van der Waals surface area contributed by atoms with Crippen molar-refractivity contribution in [3.8, 4) is 0 Å². The van der Waals surface area contributed by atoms with Gasteiger partial charge in [0.2, 0.25) is 0 Å². The van der Waals surface area contributed by atoms with Crippen LogP contribution in [0, 0.1) is 5.92 Å². The lowest BCUT2D eigenvalue weighted by Gasteiger charge is -2.51. The summed E-state index contributed by atoms with van der Waals surface area (Å²) in [6.45, 7) is 4.91. The van der Waals surface area contributed by atoms with E-state index in [1.165, 1.54) is 54.7 Å². The number of hydrogen-bond acceptors (Lipinski definition) is 2. The number of quaternary nitrogens is 1. The third-order valence-corrected chi connectivity index (χ3v) is 5.64. The van der Waals surface area contributed by atoms with Crippen molar-refractivity contribution >= 4 is 11.3 Å². The maximum atomic E-state index is 10.0. The molecule has 3 heteroatoms. The van der Waals surface area contributed by atoms with E-state index < -0.39 is 0 Å². The van der Waals surface area contributed by atoms with Gasteiger partial charge in [-0.05, 0) is 17.9 Å². The molecule has 1 aromatic rings. The lowest BCUT2D eigenvalue weighted by Crippen LogP contribution is -2.63. The summed E-state index contributed by atoms with van der Waals surface area (Å²) in [5.41, 5.74) is 0. The first-order valence-corrected chi connectivity index (χ1v) is 7.71. The highest BCUT2D eigenvalue weighted by molar-refractivity contribution is 7.09. The summed E-state index contributed by atoms with van der Waals surface area (Å²) in [6.07, 6.45) is 4.98. The summed E-state index contributed by atoms with van der Waals surface area (Å²) in [4.78, 5) is 1.51. The van der Waals surface area contributed by atoms with E-state index in [0.717, 1.165) is 6.54 Å². The van der Waals surface area contributed by atoms with E-state index in [4.69, 9.17) is 0 Å². The molecular formula is C14H22NOS+. The van der Waals surface area contributed by atoms with Crippen LogP contribution in [0.3, 0.4) is 0 Å². The summed E-state index contributed by atoms with van der Waals surface area (Å²) < 4.78 is 1.20. The topological polar surface area (TPSA) is 20.2 Å². The number of aryl methyl sites for hydroxylation is 1. The normalized spacial score (nSPS) is 36.3. The second kappa shape index (κ2) is 4.71. The van der Waals surface area contributed by atoms with Crippen LogP contribution in [0.1, 0.15) is 24.1 Å². The molecule has 17 heavy (non-hydrogen) atoms. The number of piperidine rings is 3. The summed E-state index contributed by atoms with van der Waals surface area (Å²) in [7, 11) is 0. The van der Waals surface area contributed by atoms with E-state index in [0.29, 0.717) is 5.92 Å². The van der Waals surface area contributed by atoms with Gasteiger partial charge in [-0.2, -0.15) is 0 Å². The van der Waals surface area contributed by atoms with Crippen LogP contribution in [0.25, 0.3) is 0 Å². The van der Waals surface area contributed by atoms with E-state index >= 15 is 0 Å². The number of aliphatic hydroxyl groups is 1. The Balaban J connectivity index is 1.53. The quantitative estimate of drug-likeness (QED) is 0.815. The molecule has 0 amide bonds. The van der Waals surface area contributed by atoms with Gasteiger partial charge < -0.3 is 9.59 Å². The molecule has 0 spiro atoms. The molecule has 0 aromatic carbocycles. The average molecular weight is 252 g/mol. The van der Waals surface area contributed by atoms with Crippen molar-refractivity contribution in [3.05, 3.63) is 22.4 Å². The van der Waals surface area contributed by atoms with Crippen LogP contribution in [0.4, 0.5) is 0 Å². The van der Waals surface area contributed by atoms with Crippen molar-refractivity contribution in [2.24, 2.45) is 5.92 Å². The Labute approximate surface area is 107 Å². The number of rotatable bonds is 4. The van der Waals surface area contributed by atoms with Crippen molar-refractivity contribution in [1.82, 2.24) is 0 Å². The van der Waals surface area contributed by atoms with Crippen LogP contribution < -0.4 is 0 Å². The van der Waals surface area contributed by atoms with E-state index in [1.807, 2.05) is 11.3 Å². The standard InChI is InChI=1S/C14H22NOS/c16-14-11-15(8-5-12(14)6-9-15)7-1-3-13-4-2-10-17-13/h2,4,10,12,14,16H,1,3,5-9,11H2/q+1/t12?,14-,15?/m0/s1. The first-order chi connectivity index (χ1) is 8.27. The van der Waals surface area contributed by atoms with Crippen LogP contribution in [0.5, 0.6) is 0 Å². The molecule has 0 radical (unpaired) electrons. The minimum absolute atomic E-state index is 0.0146. The molecule has 3 aliphatic heterocycles. The van der Waals surface area contributed by atoms with Gasteiger partial charge in [0.25, 0.3) is 0 Å². The van der Waals surface area contributed by atoms with Gasteiger partial charge in [-0.25, -0.2) is 0 Å². The molecule has 3 saturated heterocycles. The number of hydrogen-bond donors (Lipinski definition) is 1. The molecule has 4 heterocycles. The fourth-order valence-electron chi connectivity index (χ4n) is 3.61. The Hall–Kier alpha value is -0.380. The van der Waals surface area contributed by atoms with Crippen LogP contribution >= 0.6 is 11.3 Å². The van der Waals surface area contributed by atoms with Crippen LogP contribution in [-0.2, 0) is 6.42 Å². The molecule has 0 saturated carbocycles. The zero-order chi connectivity index (χ0) is 11.7. The average Bonchev–Trinajstić information content (AvgIpc) is 2.83. The Morgan fingerprint density at radius 3 is 2.82 bits per heavy atom. The molecule has 0 aliphatic carbocycles. The molecule has 1 aromatic heterocycles. The van der Waals surface area contributed by atoms with Gasteiger partial charge in [-0.1, -0.05) is 6.07 Å². The molecule has 0 unspecified atom stereocenters. The van der Waals surface area contributed by atoms with Crippen molar-refractivity contribution in [3.63, 3.8) is 0 Å². The number of thiophene rings is 1. The van der Waals surface area contributed by atoms with Crippen molar-refractivity contribution in [2.75, 3.05) is 26.2 Å². The Bertz CT molecular complexity index is 354. The molecule has 2 nitrogen and oxygen atoms in total. The SMILES string of the molecule is O[C@H]1C[N+]2(CCCc3cccs3)CCC1CC2. The highest BCUT2D eigenvalue weighted by Crippen LogP contribution is 2.34. The van der Waals surface area contributed by atoms with Gasteiger partial charge >= 0.3 is 0 Å². The molecule has 1 N–H and O–H groups in total. The summed E-state index contributed by atoms with van der Waals surface area (Å²) in [6, 6.07) is 4.38. The van der Waals surface area contributed by atoms with Gasteiger partial charge in [0.1, 0.15) is 12.6 Å². The smallest absolute Gasteiger partial charge is 0.106 e. The first-order valence-electron chi connectivity index (χ1n) is 6.83. The fourth-order valence-corrected chi connectivity index (χ4v) is 4.36. The number of aliphatic hydroxyl groups excluding tert-OH is 1. The third-order valence-electron chi connectivity index (χ3n) is 4.70. The Morgan fingerprint density at radius 2 is 2.18 bits per heavy atom. The predicted octanol–water partition coefficient (Wildman–Crippen LogP) is 2.28. The summed E-state index contributed by atoms with van der Waals surface area (Å²) in [5, 5.41) is 12.2. The minimum Gasteiger partial charge on any atom is -0.387 e.